The van der Waals surface area contributed by atoms with E-state index in [9.17, 15) is 10.1 Å². The third-order valence-corrected chi connectivity index (χ3v) is 3.41. The quantitative estimate of drug-likeness (QED) is 0.452. The Kier molecular flexibility index (Phi) is 2.63. The highest BCUT2D eigenvalue weighted by Gasteiger charge is 2.29. The Morgan fingerprint density at radius 2 is 2.17 bits per heavy atom. The molecule has 4 nitrogen and oxygen atoms in total. The smallest absolute Gasteiger partial charge is 0.400 e. The number of allylic oxidation sites excluding steroid dienone is 2. The minimum Gasteiger partial charge on any atom is -0.400 e. The summed E-state index contributed by atoms with van der Waals surface area (Å²) in [5.41, 5.74) is 1.32. The lowest BCUT2D eigenvalue weighted by atomic mass is 9.88. The van der Waals surface area contributed by atoms with Crippen molar-refractivity contribution in [3.8, 4) is 0 Å². The molecule has 0 fully saturated rings. The molecule has 1 atom stereocenters. The summed E-state index contributed by atoms with van der Waals surface area (Å²) >= 11 is 0. The second-order valence-electron chi connectivity index (χ2n) is 4.54. The monoisotopic (exact) mass is 243 g/mol. The summed E-state index contributed by atoms with van der Waals surface area (Å²) in [7, 11) is 0. The molecule has 0 saturated carbocycles. The zero-order chi connectivity index (χ0) is 12.5. The molecule has 0 bridgehead atoms. The number of benzene rings is 1. The molecule has 18 heavy (non-hydrogen) atoms. The lowest BCUT2D eigenvalue weighted by Crippen LogP contribution is -2.01. The molecule has 4 heteroatoms. The number of furan rings is 1. The number of fused-ring (bicyclic) bond motifs is 1. The lowest BCUT2D eigenvalue weighted by Gasteiger charge is -2.14. The summed E-state index contributed by atoms with van der Waals surface area (Å²) in [6, 6.07) is 7.38. The summed E-state index contributed by atoms with van der Waals surface area (Å²) in [6.45, 7) is 0. The van der Waals surface area contributed by atoms with Gasteiger partial charge in [-0.25, -0.2) is 0 Å². The van der Waals surface area contributed by atoms with E-state index in [-0.39, 0.29) is 11.8 Å². The molecule has 92 valence electrons. The largest absolute Gasteiger partial charge is 0.437 e. The fourth-order valence-electron chi connectivity index (χ4n) is 2.60. The molecule has 2 aromatic rings. The summed E-state index contributed by atoms with van der Waals surface area (Å²) in [4.78, 5) is 10.7. The fourth-order valence-corrected chi connectivity index (χ4v) is 2.60. The normalized spacial score (nSPS) is 19.2. The highest BCUT2D eigenvalue weighted by atomic mass is 16.6. The van der Waals surface area contributed by atoms with E-state index in [0.717, 1.165) is 30.2 Å². The summed E-state index contributed by atoms with van der Waals surface area (Å²) in [5, 5.41) is 12.0. The van der Waals surface area contributed by atoms with E-state index in [1.807, 2.05) is 18.2 Å². The zero-order valence-corrected chi connectivity index (χ0v) is 9.83. The van der Waals surface area contributed by atoms with Gasteiger partial charge in [-0.1, -0.05) is 30.4 Å². The van der Waals surface area contributed by atoms with Gasteiger partial charge >= 0.3 is 5.88 Å². The predicted molar refractivity (Wildman–Crippen MR) is 68.6 cm³/mol. The summed E-state index contributed by atoms with van der Waals surface area (Å²) in [6.07, 6.45) is 7.23. The average molecular weight is 243 g/mol. The first-order valence-corrected chi connectivity index (χ1v) is 6.10. The van der Waals surface area contributed by atoms with Crippen molar-refractivity contribution in [2.24, 2.45) is 0 Å². The second kappa shape index (κ2) is 4.29. The molecule has 0 spiro atoms. The highest BCUT2D eigenvalue weighted by Crippen LogP contribution is 2.40. The van der Waals surface area contributed by atoms with E-state index in [1.54, 1.807) is 6.07 Å². The summed E-state index contributed by atoms with van der Waals surface area (Å²) < 4.78 is 5.38. The van der Waals surface area contributed by atoms with Gasteiger partial charge in [0.05, 0.1) is 5.56 Å². The van der Waals surface area contributed by atoms with Crippen molar-refractivity contribution in [3.63, 3.8) is 0 Å². The van der Waals surface area contributed by atoms with Crippen LogP contribution < -0.4 is 0 Å². The fraction of sp³-hybridized carbons (Fsp3) is 0.286. The molecule has 0 N–H and O–H groups in total. The first-order chi connectivity index (χ1) is 8.77. The van der Waals surface area contributed by atoms with Gasteiger partial charge in [0.2, 0.25) is 0 Å². The van der Waals surface area contributed by atoms with Gasteiger partial charge in [-0.05, 0) is 25.3 Å². The van der Waals surface area contributed by atoms with E-state index in [0.29, 0.717) is 5.58 Å². The molecule has 1 heterocycles. The zero-order valence-electron chi connectivity index (χ0n) is 9.83. The Morgan fingerprint density at radius 3 is 2.89 bits per heavy atom. The van der Waals surface area contributed by atoms with Crippen molar-refractivity contribution in [1.29, 1.82) is 0 Å². The van der Waals surface area contributed by atoms with Crippen molar-refractivity contribution in [2.75, 3.05) is 0 Å². The van der Waals surface area contributed by atoms with Crippen molar-refractivity contribution in [3.05, 3.63) is 52.1 Å². The molecule has 0 radical (unpaired) electrons. The molecule has 0 aliphatic heterocycles. The summed E-state index contributed by atoms with van der Waals surface area (Å²) in [5.74, 6) is -0.00412. The minimum atomic E-state index is -0.419. The lowest BCUT2D eigenvalue weighted by molar-refractivity contribution is -0.402. The van der Waals surface area contributed by atoms with Crippen LogP contribution >= 0.6 is 0 Å². The van der Waals surface area contributed by atoms with Gasteiger partial charge in [0, 0.05) is 11.3 Å². The predicted octanol–water partition coefficient (Wildman–Crippen LogP) is 4.16. The van der Waals surface area contributed by atoms with Gasteiger partial charge in [-0.15, -0.1) is 0 Å². The van der Waals surface area contributed by atoms with E-state index in [2.05, 4.69) is 12.2 Å². The van der Waals surface area contributed by atoms with Gasteiger partial charge in [0.25, 0.3) is 0 Å². The van der Waals surface area contributed by atoms with Crippen LogP contribution in [0.5, 0.6) is 0 Å². The van der Waals surface area contributed by atoms with Crippen LogP contribution in [0.25, 0.3) is 11.0 Å². The van der Waals surface area contributed by atoms with Gasteiger partial charge in [0.1, 0.15) is 10.5 Å². The Hall–Kier alpha value is -2.10. The van der Waals surface area contributed by atoms with Crippen LogP contribution in [-0.4, -0.2) is 4.92 Å². The Bertz CT molecular complexity index is 627. The van der Waals surface area contributed by atoms with Gasteiger partial charge in [0.15, 0.2) is 0 Å². The van der Waals surface area contributed by atoms with Crippen LogP contribution in [-0.2, 0) is 0 Å². The van der Waals surface area contributed by atoms with Crippen molar-refractivity contribution in [1.82, 2.24) is 0 Å². The maximum atomic E-state index is 11.1. The molecule has 1 aromatic heterocycles. The van der Waals surface area contributed by atoms with E-state index >= 15 is 0 Å². The maximum Gasteiger partial charge on any atom is 0.437 e. The number of rotatable bonds is 2. The first-order valence-electron chi connectivity index (χ1n) is 6.10. The van der Waals surface area contributed by atoms with E-state index in [1.165, 1.54) is 0 Å². The minimum absolute atomic E-state index is 0.0998. The third-order valence-electron chi connectivity index (χ3n) is 3.41. The van der Waals surface area contributed by atoms with E-state index in [4.69, 9.17) is 4.42 Å². The van der Waals surface area contributed by atoms with Crippen molar-refractivity contribution >= 4 is 16.9 Å². The van der Waals surface area contributed by atoms with Crippen LogP contribution in [0.4, 0.5) is 5.88 Å². The molecule has 1 aliphatic rings. The molecular weight excluding hydrogens is 230 g/mol. The Labute approximate surface area is 104 Å². The van der Waals surface area contributed by atoms with Crippen LogP contribution in [0, 0.1) is 10.1 Å². The molecule has 1 aliphatic carbocycles. The van der Waals surface area contributed by atoms with Crippen LogP contribution in [0.15, 0.2) is 40.8 Å². The van der Waals surface area contributed by atoms with Crippen molar-refractivity contribution in [2.45, 2.75) is 25.2 Å². The number of nitro groups is 1. The standard InChI is InChI=1S/C14H13NO3/c16-15(17)14-13(10-6-2-1-3-7-10)11-8-4-5-9-12(11)18-14/h2,4-6,8-10H,1,3,7H2. The van der Waals surface area contributed by atoms with Crippen LogP contribution in [0.3, 0.4) is 0 Å². The number of para-hydroxylation sites is 1. The van der Waals surface area contributed by atoms with Crippen LogP contribution in [0.1, 0.15) is 30.7 Å². The van der Waals surface area contributed by atoms with Crippen molar-refractivity contribution < 1.29 is 9.34 Å². The molecule has 3 rings (SSSR count). The highest BCUT2D eigenvalue weighted by molar-refractivity contribution is 5.85. The topological polar surface area (TPSA) is 56.3 Å². The number of hydrogen-bond donors (Lipinski definition) is 0. The van der Waals surface area contributed by atoms with Crippen LogP contribution in [0.2, 0.25) is 0 Å². The Balaban J connectivity index is 2.23. The maximum absolute atomic E-state index is 11.1. The molecule has 0 saturated heterocycles. The SMILES string of the molecule is O=[N+]([O-])c1oc2ccccc2c1C1C=CCCC1. The van der Waals surface area contributed by atoms with Gasteiger partial charge in [-0.2, -0.15) is 0 Å². The second-order valence-corrected chi connectivity index (χ2v) is 4.54. The number of nitrogens with zero attached hydrogens (tertiary/aromatic N) is 1. The molecular formula is C14H13NO3. The van der Waals surface area contributed by atoms with Gasteiger partial charge in [-0.3, -0.25) is 10.1 Å². The molecule has 0 amide bonds. The third kappa shape index (κ3) is 1.70. The number of hydrogen-bond acceptors (Lipinski definition) is 3. The molecule has 1 unspecified atom stereocenters. The van der Waals surface area contributed by atoms with E-state index < -0.39 is 4.92 Å². The first kappa shape index (κ1) is 11.0. The average Bonchev–Trinajstić information content (AvgIpc) is 2.79. The van der Waals surface area contributed by atoms with Gasteiger partial charge < -0.3 is 4.42 Å². The Morgan fingerprint density at radius 1 is 1.33 bits per heavy atom. The molecule has 1 aromatic carbocycles.